The largest absolute Gasteiger partial charge is 0.323 e. The van der Waals surface area contributed by atoms with E-state index >= 15 is 0 Å². The van der Waals surface area contributed by atoms with Gasteiger partial charge in [0, 0.05) is 16.4 Å². The summed E-state index contributed by atoms with van der Waals surface area (Å²) in [6.45, 7) is 6.96. The SMILES string of the molecule is CCCSc1ccc2nc(C(C)C)n(Cc3ccccc3F)c2c1. The lowest BCUT2D eigenvalue weighted by Gasteiger charge is -2.12. The van der Waals surface area contributed by atoms with Gasteiger partial charge in [0.25, 0.3) is 0 Å². The van der Waals surface area contributed by atoms with Crippen LogP contribution in [0.15, 0.2) is 47.4 Å². The molecule has 0 aliphatic heterocycles. The quantitative estimate of drug-likeness (QED) is 0.523. The van der Waals surface area contributed by atoms with Gasteiger partial charge in [0.15, 0.2) is 0 Å². The van der Waals surface area contributed by atoms with E-state index < -0.39 is 0 Å². The third-order valence-corrected chi connectivity index (χ3v) is 5.22. The number of hydrogen-bond acceptors (Lipinski definition) is 2. The van der Waals surface area contributed by atoms with Crippen molar-refractivity contribution in [3.8, 4) is 0 Å². The van der Waals surface area contributed by atoms with Crippen LogP contribution in [0.25, 0.3) is 11.0 Å². The molecule has 3 rings (SSSR count). The molecule has 0 unspecified atom stereocenters. The number of nitrogens with zero attached hydrogens (tertiary/aromatic N) is 2. The van der Waals surface area contributed by atoms with E-state index in [2.05, 4.69) is 43.5 Å². The Labute approximate surface area is 147 Å². The van der Waals surface area contributed by atoms with Crippen LogP contribution < -0.4 is 0 Å². The molecule has 0 saturated carbocycles. The maximum atomic E-state index is 14.1. The first-order chi connectivity index (χ1) is 11.6. The second-order valence-electron chi connectivity index (χ2n) is 6.30. The van der Waals surface area contributed by atoms with Crippen molar-refractivity contribution in [2.24, 2.45) is 0 Å². The fraction of sp³-hybridized carbons (Fsp3) is 0.350. The van der Waals surface area contributed by atoms with Crippen molar-refractivity contribution in [2.75, 3.05) is 5.75 Å². The summed E-state index contributed by atoms with van der Waals surface area (Å²) in [5.74, 6) is 2.23. The Morgan fingerprint density at radius 3 is 2.67 bits per heavy atom. The number of imidazole rings is 1. The van der Waals surface area contributed by atoms with Crippen molar-refractivity contribution in [1.82, 2.24) is 9.55 Å². The number of hydrogen-bond donors (Lipinski definition) is 0. The predicted molar refractivity (Wildman–Crippen MR) is 100 cm³/mol. The zero-order chi connectivity index (χ0) is 17.1. The summed E-state index contributed by atoms with van der Waals surface area (Å²) < 4.78 is 16.3. The molecule has 4 heteroatoms. The summed E-state index contributed by atoms with van der Waals surface area (Å²) in [4.78, 5) is 6.04. The lowest BCUT2D eigenvalue weighted by molar-refractivity contribution is 0.592. The highest BCUT2D eigenvalue weighted by Gasteiger charge is 2.15. The minimum absolute atomic E-state index is 0.162. The van der Waals surface area contributed by atoms with Crippen molar-refractivity contribution in [3.05, 3.63) is 59.7 Å². The van der Waals surface area contributed by atoms with Crippen molar-refractivity contribution in [3.63, 3.8) is 0 Å². The van der Waals surface area contributed by atoms with E-state index in [1.807, 2.05) is 23.9 Å². The highest BCUT2D eigenvalue weighted by Crippen LogP contribution is 2.28. The predicted octanol–water partition coefficient (Wildman–Crippen LogP) is 5.85. The van der Waals surface area contributed by atoms with Crippen LogP contribution in [0, 0.1) is 5.82 Å². The van der Waals surface area contributed by atoms with Gasteiger partial charge in [-0.3, -0.25) is 0 Å². The van der Waals surface area contributed by atoms with Crippen LogP contribution in [0.3, 0.4) is 0 Å². The summed E-state index contributed by atoms with van der Waals surface area (Å²) in [5, 5.41) is 0. The zero-order valence-corrected chi connectivity index (χ0v) is 15.2. The Hall–Kier alpha value is -1.81. The Morgan fingerprint density at radius 1 is 1.17 bits per heavy atom. The normalized spacial score (nSPS) is 11.5. The molecule has 126 valence electrons. The van der Waals surface area contributed by atoms with Gasteiger partial charge in [-0.15, -0.1) is 11.8 Å². The molecule has 24 heavy (non-hydrogen) atoms. The molecular weight excluding hydrogens is 319 g/mol. The number of thioether (sulfide) groups is 1. The summed E-state index contributed by atoms with van der Waals surface area (Å²) in [7, 11) is 0. The van der Waals surface area contributed by atoms with Crippen LogP contribution in [-0.2, 0) is 6.54 Å². The van der Waals surface area contributed by atoms with Gasteiger partial charge in [0.2, 0.25) is 0 Å². The Bertz CT molecular complexity index is 839. The van der Waals surface area contributed by atoms with Crippen LogP contribution >= 0.6 is 11.8 Å². The Morgan fingerprint density at radius 2 is 1.96 bits per heavy atom. The number of halogens is 1. The average molecular weight is 342 g/mol. The van der Waals surface area contributed by atoms with E-state index in [9.17, 15) is 4.39 Å². The molecule has 0 N–H and O–H groups in total. The van der Waals surface area contributed by atoms with Crippen molar-refractivity contribution >= 4 is 22.8 Å². The second-order valence-corrected chi connectivity index (χ2v) is 7.47. The third-order valence-electron chi connectivity index (χ3n) is 4.02. The Kier molecular flexibility index (Phi) is 5.24. The smallest absolute Gasteiger partial charge is 0.128 e. The molecule has 0 aliphatic carbocycles. The molecule has 0 spiro atoms. The first-order valence-electron chi connectivity index (χ1n) is 8.46. The fourth-order valence-corrected chi connectivity index (χ4v) is 3.63. The molecule has 3 aromatic rings. The van der Waals surface area contributed by atoms with Crippen LogP contribution in [0.2, 0.25) is 0 Å². The molecule has 0 saturated heterocycles. The van der Waals surface area contributed by atoms with Crippen LogP contribution in [-0.4, -0.2) is 15.3 Å². The maximum absolute atomic E-state index is 14.1. The van der Waals surface area contributed by atoms with Crippen molar-refractivity contribution in [2.45, 2.75) is 44.6 Å². The molecule has 2 aromatic carbocycles. The summed E-state index contributed by atoms with van der Waals surface area (Å²) in [6.07, 6.45) is 1.15. The average Bonchev–Trinajstić information content (AvgIpc) is 2.93. The van der Waals surface area contributed by atoms with Crippen LogP contribution in [0.5, 0.6) is 0 Å². The van der Waals surface area contributed by atoms with E-state index in [0.29, 0.717) is 12.1 Å². The maximum Gasteiger partial charge on any atom is 0.128 e. The van der Waals surface area contributed by atoms with E-state index in [1.165, 1.54) is 11.0 Å². The number of rotatable bonds is 6. The van der Waals surface area contributed by atoms with E-state index in [4.69, 9.17) is 4.98 Å². The van der Waals surface area contributed by atoms with E-state index in [0.717, 1.165) is 29.0 Å². The van der Waals surface area contributed by atoms with Crippen molar-refractivity contribution < 1.29 is 4.39 Å². The summed E-state index contributed by atoms with van der Waals surface area (Å²) in [6, 6.07) is 13.4. The number of benzene rings is 2. The molecule has 1 heterocycles. The van der Waals surface area contributed by atoms with E-state index in [1.54, 1.807) is 6.07 Å². The van der Waals surface area contributed by atoms with Crippen LogP contribution in [0.4, 0.5) is 4.39 Å². The summed E-state index contributed by atoms with van der Waals surface area (Å²) in [5.41, 5.74) is 2.77. The van der Waals surface area contributed by atoms with E-state index in [-0.39, 0.29) is 11.7 Å². The van der Waals surface area contributed by atoms with Gasteiger partial charge in [0.1, 0.15) is 11.6 Å². The molecule has 0 amide bonds. The molecule has 1 aromatic heterocycles. The fourth-order valence-electron chi connectivity index (χ4n) is 2.83. The lowest BCUT2D eigenvalue weighted by Crippen LogP contribution is -2.08. The Balaban J connectivity index is 2.08. The van der Waals surface area contributed by atoms with Gasteiger partial charge in [-0.25, -0.2) is 9.37 Å². The third kappa shape index (κ3) is 3.48. The van der Waals surface area contributed by atoms with Crippen LogP contribution in [0.1, 0.15) is 44.5 Å². The van der Waals surface area contributed by atoms with Crippen molar-refractivity contribution in [1.29, 1.82) is 0 Å². The van der Waals surface area contributed by atoms with Gasteiger partial charge in [0.05, 0.1) is 17.6 Å². The zero-order valence-electron chi connectivity index (χ0n) is 14.4. The highest BCUT2D eigenvalue weighted by atomic mass is 32.2. The topological polar surface area (TPSA) is 17.8 Å². The first-order valence-corrected chi connectivity index (χ1v) is 9.45. The molecule has 0 bridgehead atoms. The lowest BCUT2D eigenvalue weighted by atomic mass is 10.1. The van der Waals surface area contributed by atoms with Gasteiger partial charge >= 0.3 is 0 Å². The van der Waals surface area contributed by atoms with Gasteiger partial charge in [-0.2, -0.15) is 0 Å². The van der Waals surface area contributed by atoms with Gasteiger partial charge in [-0.05, 0) is 36.4 Å². The minimum Gasteiger partial charge on any atom is -0.323 e. The molecule has 0 fully saturated rings. The first kappa shape index (κ1) is 17.0. The van der Waals surface area contributed by atoms with Gasteiger partial charge in [-0.1, -0.05) is 39.0 Å². The molecule has 0 radical (unpaired) electrons. The highest BCUT2D eigenvalue weighted by molar-refractivity contribution is 7.99. The number of fused-ring (bicyclic) bond motifs is 1. The monoisotopic (exact) mass is 342 g/mol. The van der Waals surface area contributed by atoms with Gasteiger partial charge < -0.3 is 4.57 Å². The molecule has 0 aliphatic rings. The summed E-state index contributed by atoms with van der Waals surface area (Å²) >= 11 is 1.86. The standard InChI is InChI=1S/C20H23FN2S/c1-4-11-24-16-9-10-18-19(12-16)23(20(22-18)14(2)3)13-15-7-5-6-8-17(15)21/h5-10,12,14H,4,11,13H2,1-3H3. The second kappa shape index (κ2) is 7.39. The minimum atomic E-state index is -0.162. The molecule has 2 nitrogen and oxygen atoms in total. The molecule has 0 atom stereocenters. The number of aromatic nitrogens is 2. The molecular formula is C20H23FN2S.